The summed E-state index contributed by atoms with van der Waals surface area (Å²) in [7, 11) is 1.90. The fourth-order valence-corrected chi connectivity index (χ4v) is 4.56. The molecule has 27 heavy (non-hydrogen) atoms. The van der Waals surface area contributed by atoms with Crippen LogP contribution in [-0.4, -0.2) is 46.3 Å². The van der Waals surface area contributed by atoms with Crippen LogP contribution in [0, 0.1) is 19.8 Å². The number of likely N-dealkylation sites (N-methyl/N-ethyl adjacent to an activating group) is 1. The van der Waals surface area contributed by atoms with E-state index >= 15 is 0 Å². The van der Waals surface area contributed by atoms with Crippen LogP contribution in [0.15, 0.2) is 30.3 Å². The van der Waals surface area contributed by atoms with Gasteiger partial charge in [-0.25, -0.2) is 4.68 Å². The summed E-state index contributed by atoms with van der Waals surface area (Å²) in [5.74, 6) is 0.693. The van der Waals surface area contributed by atoms with Crippen LogP contribution in [0.4, 0.5) is 0 Å². The number of rotatable bonds is 4. The highest BCUT2D eigenvalue weighted by Gasteiger charge is 2.37. The molecule has 3 atom stereocenters. The summed E-state index contributed by atoms with van der Waals surface area (Å²) < 4.78 is 1.91. The summed E-state index contributed by atoms with van der Waals surface area (Å²) in [6, 6.07) is 10.7. The van der Waals surface area contributed by atoms with Gasteiger partial charge < -0.3 is 4.90 Å². The van der Waals surface area contributed by atoms with Crippen molar-refractivity contribution in [1.82, 2.24) is 25.5 Å². The summed E-state index contributed by atoms with van der Waals surface area (Å²) in [5, 5.41) is 4.50. The highest BCUT2D eigenvalue weighted by molar-refractivity contribution is 5.94. The molecule has 1 amide bonds. The van der Waals surface area contributed by atoms with Gasteiger partial charge in [-0.1, -0.05) is 12.8 Å². The minimum absolute atomic E-state index is 0.0657. The first-order chi connectivity index (χ1) is 13.0. The van der Waals surface area contributed by atoms with Crippen molar-refractivity contribution in [2.45, 2.75) is 51.6 Å². The van der Waals surface area contributed by atoms with Crippen LogP contribution in [-0.2, 0) is 0 Å². The smallest absolute Gasteiger partial charge is 0.253 e. The van der Waals surface area contributed by atoms with Gasteiger partial charge in [0, 0.05) is 36.9 Å². The Balaban J connectivity index is 1.42. The third kappa shape index (κ3) is 3.64. The van der Waals surface area contributed by atoms with Crippen molar-refractivity contribution in [3.8, 4) is 5.69 Å². The molecule has 1 saturated heterocycles. The minimum atomic E-state index is 0.0657. The third-order valence-electron chi connectivity index (χ3n) is 5.98. The Morgan fingerprint density at radius 2 is 1.93 bits per heavy atom. The monoisotopic (exact) mass is 367 g/mol. The lowest BCUT2D eigenvalue weighted by molar-refractivity contribution is 0.0772. The van der Waals surface area contributed by atoms with E-state index < -0.39 is 0 Å². The molecule has 144 valence electrons. The van der Waals surface area contributed by atoms with Crippen molar-refractivity contribution in [1.29, 1.82) is 0 Å². The van der Waals surface area contributed by atoms with Crippen LogP contribution in [0.25, 0.3) is 5.69 Å². The SMILES string of the molecule is Cc1cc(C)n(-c2ccc(C(=O)N(C)CC3NNC4CCCCC43)cc2)n1. The van der Waals surface area contributed by atoms with Crippen LogP contribution >= 0.6 is 0 Å². The second-order valence-electron chi connectivity index (χ2n) is 8.02. The predicted molar refractivity (Wildman–Crippen MR) is 106 cm³/mol. The molecule has 1 aromatic carbocycles. The average molecular weight is 367 g/mol. The van der Waals surface area contributed by atoms with Crippen molar-refractivity contribution >= 4 is 5.91 Å². The molecule has 1 aliphatic carbocycles. The molecule has 0 radical (unpaired) electrons. The predicted octanol–water partition coefficient (Wildman–Crippen LogP) is 2.60. The molecule has 6 nitrogen and oxygen atoms in total. The number of amides is 1. The molecule has 0 spiro atoms. The summed E-state index contributed by atoms with van der Waals surface area (Å²) in [6.45, 7) is 4.75. The lowest BCUT2D eigenvalue weighted by Crippen LogP contribution is -2.43. The summed E-state index contributed by atoms with van der Waals surface area (Å²) >= 11 is 0. The summed E-state index contributed by atoms with van der Waals surface area (Å²) in [4.78, 5) is 14.7. The number of hydrogen-bond acceptors (Lipinski definition) is 4. The van der Waals surface area contributed by atoms with Crippen molar-refractivity contribution < 1.29 is 4.79 Å². The third-order valence-corrected chi connectivity index (χ3v) is 5.98. The maximum Gasteiger partial charge on any atom is 0.253 e. The Hall–Kier alpha value is -2.18. The number of carbonyl (C=O) groups is 1. The Bertz CT molecular complexity index is 812. The van der Waals surface area contributed by atoms with E-state index in [1.54, 1.807) is 0 Å². The molecule has 2 heterocycles. The second-order valence-corrected chi connectivity index (χ2v) is 8.02. The van der Waals surface area contributed by atoms with E-state index in [9.17, 15) is 4.79 Å². The molecule has 4 rings (SSSR count). The van der Waals surface area contributed by atoms with Crippen molar-refractivity contribution in [3.63, 3.8) is 0 Å². The maximum atomic E-state index is 12.9. The number of carbonyl (C=O) groups excluding carboxylic acids is 1. The Labute approximate surface area is 160 Å². The number of aromatic nitrogens is 2. The number of nitrogens with zero attached hydrogens (tertiary/aromatic N) is 3. The first-order valence-corrected chi connectivity index (χ1v) is 9.93. The molecule has 2 N–H and O–H groups in total. The van der Waals surface area contributed by atoms with Gasteiger partial charge in [-0.3, -0.25) is 15.6 Å². The van der Waals surface area contributed by atoms with Gasteiger partial charge in [0.1, 0.15) is 0 Å². The van der Waals surface area contributed by atoms with Gasteiger partial charge in [0.05, 0.1) is 11.4 Å². The van der Waals surface area contributed by atoms with E-state index in [-0.39, 0.29) is 5.91 Å². The highest BCUT2D eigenvalue weighted by atomic mass is 16.2. The highest BCUT2D eigenvalue weighted by Crippen LogP contribution is 2.30. The maximum absolute atomic E-state index is 12.9. The molecular weight excluding hydrogens is 338 g/mol. The molecule has 1 aliphatic heterocycles. The van der Waals surface area contributed by atoms with E-state index in [0.29, 0.717) is 23.6 Å². The van der Waals surface area contributed by atoms with E-state index in [2.05, 4.69) is 16.0 Å². The largest absolute Gasteiger partial charge is 0.340 e. The van der Waals surface area contributed by atoms with Crippen molar-refractivity contribution in [2.75, 3.05) is 13.6 Å². The fraction of sp³-hybridized carbons (Fsp3) is 0.524. The van der Waals surface area contributed by atoms with Crippen molar-refractivity contribution in [3.05, 3.63) is 47.3 Å². The van der Waals surface area contributed by atoms with E-state index in [0.717, 1.165) is 23.6 Å². The summed E-state index contributed by atoms with van der Waals surface area (Å²) in [6.07, 6.45) is 5.08. The Morgan fingerprint density at radius 3 is 2.63 bits per heavy atom. The number of hydrogen-bond donors (Lipinski definition) is 2. The van der Waals surface area contributed by atoms with E-state index in [1.165, 1.54) is 25.7 Å². The number of nitrogens with one attached hydrogen (secondary N) is 2. The van der Waals surface area contributed by atoms with Gasteiger partial charge in [-0.05, 0) is 62.9 Å². The topological polar surface area (TPSA) is 62.2 Å². The zero-order chi connectivity index (χ0) is 19.0. The molecule has 2 fully saturated rings. The average Bonchev–Trinajstić information content (AvgIpc) is 3.24. The standard InChI is InChI=1S/C21H29N5O/c1-14-12-15(2)26(24-14)17-10-8-16(9-11-17)21(27)25(3)13-20-18-6-4-5-7-19(18)22-23-20/h8-12,18-20,22-23H,4-7,13H2,1-3H3. The molecule has 0 bridgehead atoms. The lowest BCUT2D eigenvalue weighted by atomic mass is 9.81. The van der Waals surface area contributed by atoms with Gasteiger partial charge in [-0.15, -0.1) is 0 Å². The second kappa shape index (κ2) is 7.44. The van der Waals surface area contributed by atoms with Crippen molar-refractivity contribution in [2.24, 2.45) is 5.92 Å². The first kappa shape index (κ1) is 18.2. The Morgan fingerprint density at radius 1 is 1.19 bits per heavy atom. The van der Waals surface area contributed by atoms with Crippen LogP contribution in [0.3, 0.4) is 0 Å². The zero-order valence-corrected chi connectivity index (χ0v) is 16.4. The quantitative estimate of drug-likeness (QED) is 0.872. The van der Waals surface area contributed by atoms with Gasteiger partial charge >= 0.3 is 0 Å². The minimum Gasteiger partial charge on any atom is -0.340 e. The lowest BCUT2D eigenvalue weighted by Gasteiger charge is -2.29. The molecule has 2 aliphatic rings. The van der Waals surface area contributed by atoms with Crippen LogP contribution in [0.2, 0.25) is 0 Å². The molecule has 3 unspecified atom stereocenters. The van der Waals surface area contributed by atoms with Gasteiger partial charge in [0.25, 0.3) is 5.91 Å². The number of benzene rings is 1. The van der Waals surface area contributed by atoms with E-state index in [1.807, 2.05) is 60.8 Å². The summed E-state index contributed by atoms with van der Waals surface area (Å²) in [5.41, 5.74) is 10.6. The number of fused-ring (bicyclic) bond motifs is 1. The number of aryl methyl sites for hydroxylation is 2. The van der Waals surface area contributed by atoms with E-state index in [4.69, 9.17) is 0 Å². The molecule has 6 heteroatoms. The Kier molecular flexibility index (Phi) is 5.02. The molecular formula is C21H29N5O. The molecule has 1 aromatic heterocycles. The van der Waals surface area contributed by atoms with Crippen LogP contribution in [0.5, 0.6) is 0 Å². The van der Waals surface area contributed by atoms with Gasteiger partial charge in [0.2, 0.25) is 0 Å². The molecule has 2 aromatic rings. The fourth-order valence-electron chi connectivity index (χ4n) is 4.56. The van der Waals surface area contributed by atoms with Crippen LogP contribution < -0.4 is 10.9 Å². The van der Waals surface area contributed by atoms with Gasteiger partial charge in [0.15, 0.2) is 0 Å². The first-order valence-electron chi connectivity index (χ1n) is 9.93. The van der Waals surface area contributed by atoms with Crippen LogP contribution in [0.1, 0.15) is 47.4 Å². The number of hydrazine groups is 1. The molecule has 1 saturated carbocycles. The van der Waals surface area contributed by atoms with Gasteiger partial charge in [-0.2, -0.15) is 5.10 Å². The normalized spacial score (nSPS) is 24.6. The zero-order valence-electron chi connectivity index (χ0n) is 16.4.